The van der Waals surface area contributed by atoms with E-state index >= 15 is 0 Å². The molecule has 0 saturated heterocycles. The predicted molar refractivity (Wildman–Crippen MR) is 66.2 cm³/mol. The number of thiazole rings is 1. The zero-order valence-electron chi connectivity index (χ0n) is 9.43. The molecule has 2 aromatic rings. The molecule has 0 aliphatic rings. The SMILES string of the molecule is CCc1nc2c(OCC(C)O)cccc2s1. The van der Waals surface area contributed by atoms with Crippen LogP contribution in [0, 0.1) is 0 Å². The summed E-state index contributed by atoms with van der Waals surface area (Å²) in [6, 6.07) is 5.89. The van der Waals surface area contributed by atoms with Gasteiger partial charge in [0.1, 0.15) is 17.9 Å². The molecule has 3 nitrogen and oxygen atoms in total. The van der Waals surface area contributed by atoms with Crippen LogP contribution in [0.3, 0.4) is 0 Å². The number of hydrogen-bond acceptors (Lipinski definition) is 4. The third-order valence-electron chi connectivity index (χ3n) is 2.21. The Morgan fingerprint density at radius 1 is 1.50 bits per heavy atom. The van der Waals surface area contributed by atoms with Gasteiger partial charge in [-0.3, -0.25) is 0 Å². The monoisotopic (exact) mass is 237 g/mol. The molecular weight excluding hydrogens is 222 g/mol. The van der Waals surface area contributed by atoms with E-state index in [9.17, 15) is 5.11 Å². The van der Waals surface area contributed by atoms with Gasteiger partial charge in [-0.2, -0.15) is 0 Å². The van der Waals surface area contributed by atoms with Crippen LogP contribution >= 0.6 is 11.3 Å². The lowest BCUT2D eigenvalue weighted by molar-refractivity contribution is 0.123. The minimum atomic E-state index is -0.459. The minimum Gasteiger partial charge on any atom is -0.489 e. The van der Waals surface area contributed by atoms with Gasteiger partial charge in [-0.25, -0.2) is 4.98 Å². The lowest BCUT2D eigenvalue weighted by atomic mass is 10.3. The van der Waals surface area contributed by atoms with Crippen molar-refractivity contribution in [2.45, 2.75) is 26.4 Å². The van der Waals surface area contributed by atoms with Crippen LogP contribution in [0.15, 0.2) is 18.2 Å². The summed E-state index contributed by atoms with van der Waals surface area (Å²) in [5, 5.41) is 10.3. The number of rotatable bonds is 4. The summed E-state index contributed by atoms with van der Waals surface area (Å²) in [6.07, 6.45) is 0.481. The molecule has 2 rings (SSSR count). The molecule has 16 heavy (non-hydrogen) atoms. The van der Waals surface area contributed by atoms with E-state index in [4.69, 9.17) is 4.74 Å². The molecule has 0 amide bonds. The number of fused-ring (bicyclic) bond motifs is 1. The highest BCUT2D eigenvalue weighted by atomic mass is 32.1. The van der Waals surface area contributed by atoms with Gasteiger partial charge in [0.15, 0.2) is 0 Å². The summed E-state index contributed by atoms with van der Waals surface area (Å²) in [6.45, 7) is 4.10. The summed E-state index contributed by atoms with van der Waals surface area (Å²) in [5.74, 6) is 0.759. The van der Waals surface area contributed by atoms with Crippen molar-refractivity contribution < 1.29 is 9.84 Å². The highest BCUT2D eigenvalue weighted by Crippen LogP contribution is 2.29. The second-order valence-corrected chi connectivity index (χ2v) is 4.84. The van der Waals surface area contributed by atoms with E-state index in [2.05, 4.69) is 11.9 Å². The Morgan fingerprint density at radius 3 is 3.00 bits per heavy atom. The smallest absolute Gasteiger partial charge is 0.146 e. The van der Waals surface area contributed by atoms with E-state index in [1.165, 1.54) is 0 Å². The maximum absolute atomic E-state index is 9.19. The van der Waals surface area contributed by atoms with Gasteiger partial charge in [0.05, 0.1) is 15.8 Å². The molecule has 0 saturated carbocycles. The van der Waals surface area contributed by atoms with Crippen LogP contribution in [0.2, 0.25) is 0 Å². The number of para-hydroxylation sites is 1. The topological polar surface area (TPSA) is 42.4 Å². The number of aliphatic hydroxyl groups excluding tert-OH is 1. The second kappa shape index (κ2) is 4.80. The first kappa shape index (κ1) is 11.4. The van der Waals surface area contributed by atoms with Gasteiger partial charge in [-0.1, -0.05) is 13.0 Å². The number of aromatic nitrogens is 1. The first-order valence-electron chi connectivity index (χ1n) is 5.40. The first-order valence-corrected chi connectivity index (χ1v) is 6.21. The standard InChI is InChI=1S/C12H15NO2S/c1-3-11-13-12-9(15-7-8(2)14)5-4-6-10(12)16-11/h4-6,8,14H,3,7H2,1-2H3. The third-order valence-corrected chi connectivity index (χ3v) is 3.37. The van der Waals surface area contributed by atoms with Crippen LogP contribution in [0.5, 0.6) is 5.75 Å². The molecule has 1 N–H and O–H groups in total. The normalized spacial score (nSPS) is 12.9. The molecule has 4 heteroatoms. The quantitative estimate of drug-likeness (QED) is 0.888. The lowest BCUT2D eigenvalue weighted by Gasteiger charge is -2.07. The van der Waals surface area contributed by atoms with Gasteiger partial charge in [-0.05, 0) is 25.5 Å². The van der Waals surface area contributed by atoms with Crippen molar-refractivity contribution in [3.63, 3.8) is 0 Å². The van der Waals surface area contributed by atoms with Gasteiger partial charge >= 0.3 is 0 Å². The Kier molecular flexibility index (Phi) is 3.41. The highest BCUT2D eigenvalue weighted by molar-refractivity contribution is 7.18. The van der Waals surface area contributed by atoms with E-state index in [-0.39, 0.29) is 0 Å². The molecule has 0 fully saturated rings. The van der Waals surface area contributed by atoms with Gasteiger partial charge in [-0.15, -0.1) is 11.3 Å². The highest BCUT2D eigenvalue weighted by Gasteiger charge is 2.08. The Morgan fingerprint density at radius 2 is 2.31 bits per heavy atom. The molecule has 1 unspecified atom stereocenters. The maximum Gasteiger partial charge on any atom is 0.146 e. The van der Waals surface area contributed by atoms with Gasteiger partial charge in [0.2, 0.25) is 0 Å². The Labute approximate surface area is 98.7 Å². The zero-order valence-corrected chi connectivity index (χ0v) is 10.3. The summed E-state index contributed by atoms with van der Waals surface area (Å²) in [7, 11) is 0. The Hall–Kier alpha value is -1.13. The second-order valence-electron chi connectivity index (χ2n) is 3.72. The molecule has 0 spiro atoms. The largest absolute Gasteiger partial charge is 0.489 e. The van der Waals surface area contributed by atoms with Crippen molar-refractivity contribution in [1.82, 2.24) is 4.98 Å². The Balaban J connectivity index is 2.33. The third kappa shape index (κ3) is 2.33. The van der Waals surface area contributed by atoms with Crippen molar-refractivity contribution >= 4 is 21.6 Å². The maximum atomic E-state index is 9.19. The molecule has 0 aliphatic heterocycles. The molecule has 0 bridgehead atoms. The number of hydrogen-bond donors (Lipinski definition) is 1. The summed E-state index contributed by atoms with van der Waals surface area (Å²) in [5.41, 5.74) is 0.907. The van der Waals surface area contributed by atoms with Crippen LogP contribution in [0.25, 0.3) is 10.2 Å². The van der Waals surface area contributed by atoms with Crippen molar-refractivity contribution in [3.05, 3.63) is 23.2 Å². The summed E-state index contributed by atoms with van der Waals surface area (Å²) in [4.78, 5) is 4.52. The number of aryl methyl sites for hydroxylation is 1. The molecule has 0 radical (unpaired) electrons. The molecule has 86 valence electrons. The van der Waals surface area contributed by atoms with Crippen LogP contribution in [0.1, 0.15) is 18.9 Å². The van der Waals surface area contributed by atoms with Gasteiger partial charge < -0.3 is 9.84 Å². The van der Waals surface area contributed by atoms with E-state index in [1.807, 2.05) is 18.2 Å². The number of aliphatic hydroxyl groups is 1. The fraction of sp³-hybridized carbons (Fsp3) is 0.417. The number of ether oxygens (including phenoxy) is 1. The lowest BCUT2D eigenvalue weighted by Crippen LogP contribution is -2.12. The molecular formula is C12H15NO2S. The first-order chi connectivity index (χ1) is 7.70. The molecule has 1 atom stereocenters. The van der Waals surface area contributed by atoms with E-state index in [0.717, 1.165) is 27.4 Å². The van der Waals surface area contributed by atoms with E-state index in [1.54, 1.807) is 18.3 Å². The fourth-order valence-corrected chi connectivity index (χ4v) is 2.37. The van der Waals surface area contributed by atoms with Crippen LogP contribution in [-0.4, -0.2) is 22.8 Å². The number of nitrogens with zero attached hydrogens (tertiary/aromatic N) is 1. The van der Waals surface area contributed by atoms with Crippen molar-refractivity contribution in [3.8, 4) is 5.75 Å². The van der Waals surface area contributed by atoms with Crippen molar-refractivity contribution in [1.29, 1.82) is 0 Å². The van der Waals surface area contributed by atoms with Crippen LogP contribution in [-0.2, 0) is 6.42 Å². The van der Waals surface area contributed by atoms with Gasteiger partial charge in [0.25, 0.3) is 0 Å². The van der Waals surface area contributed by atoms with Crippen molar-refractivity contribution in [2.24, 2.45) is 0 Å². The molecule has 1 aromatic heterocycles. The van der Waals surface area contributed by atoms with E-state index in [0.29, 0.717) is 6.61 Å². The van der Waals surface area contributed by atoms with Crippen LogP contribution in [0.4, 0.5) is 0 Å². The minimum absolute atomic E-state index is 0.304. The molecule has 0 aliphatic carbocycles. The van der Waals surface area contributed by atoms with Gasteiger partial charge in [0, 0.05) is 0 Å². The molecule has 1 heterocycles. The summed E-state index contributed by atoms with van der Waals surface area (Å²) >= 11 is 1.69. The zero-order chi connectivity index (χ0) is 11.5. The van der Waals surface area contributed by atoms with Crippen molar-refractivity contribution in [2.75, 3.05) is 6.61 Å². The predicted octanol–water partition coefficient (Wildman–Crippen LogP) is 2.62. The van der Waals surface area contributed by atoms with Crippen LogP contribution < -0.4 is 4.74 Å². The Bertz CT molecular complexity index is 479. The fourth-order valence-electron chi connectivity index (χ4n) is 1.45. The number of benzene rings is 1. The summed E-state index contributed by atoms with van der Waals surface area (Å²) < 4.78 is 6.67. The molecule has 1 aromatic carbocycles. The van der Waals surface area contributed by atoms with E-state index < -0.39 is 6.10 Å². The average molecular weight is 237 g/mol. The average Bonchev–Trinajstić information content (AvgIpc) is 2.69.